The van der Waals surface area contributed by atoms with Gasteiger partial charge in [-0.2, -0.15) is 5.10 Å². The summed E-state index contributed by atoms with van der Waals surface area (Å²) in [6.07, 6.45) is 7.95. The standard InChI is InChI=1S/C22H23N7O3/c1-13(2)27-22(32)20-9-16(30)8-19(28-20)21(31)25-10-14-11-26-29(12-14)15-3-4-17-18(7-15)24-6-5-23-17/h3-7,9,11-13,19,28H,8,10H2,1-2H3,(H,25,31)(H,27,32). The highest BCUT2D eigenvalue weighted by Crippen LogP contribution is 2.15. The smallest absolute Gasteiger partial charge is 0.267 e. The van der Waals surface area contributed by atoms with Crippen molar-refractivity contribution in [2.45, 2.75) is 38.9 Å². The summed E-state index contributed by atoms with van der Waals surface area (Å²) in [6, 6.07) is 4.74. The lowest BCUT2D eigenvalue weighted by molar-refractivity contribution is -0.127. The van der Waals surface area contributed by atoms with Crippen LogP contribution < -0.4 is 16.0 Å². The first-order valence-electron chi connectivity index (χ1n) is 10.2. The minimum Gasteiger partial charge on any atom is -0.369 e. The number of aromatic nitrogens is 4. The maximum absolute atomic E-state index is 12.6. The number of rotatable bonds is 6. The molecule has 4 rings (SSSR count). The Morgan fingerprint density at radius 1 is 1.22 bits per heavy atom. The number of hydrogen-bond acceptors (Lipinski definition) is 7. The van der Waals surface area contributed by atoms with E-state index in [9.17, 15) is 14.4 Å². The molecule has 2 amide bonds. The molecule has 0 bridgehead atoms. The largest absolute Gasteiger partial charge is 0.369 e. The number of fused-ring (bicyclic) bond motifs is 1. The Morgan fingerprint density at radius 2 is 2.00 bits per heavy atom. The quantitative estimate of drug-likeness (QED) is 0.523. The normalized spacial score (nSPS) is 15.9. The summed E-state index contributed by atoms with van der Waals surface area (Å²) in [7, 11) is 0. The minimum atomic E-state index is -0.811. The molecule has 1 unspecified atom stereocenters. The molecule has 1 atom stereocenters. The molecule has 0 radical (unpaired) electrons. The number of carbonyl (C=O) groups excluding carboxylic acids is 3. The zero-order valence-electron chi connectivity index (χ0n) is 17.7. The zero-order chi connectivity index (χ0) is 22.7. The highest BCUT2D eigenvalue weighted by molar-refractivity contribution is 6.05. The van der Waals surface area contributed by atoms with Crippen molar-refractivity contribution in [1.82, 2.24) is 35.7 Å². The fourth-order valence-electron chi connectivity index (χ4n) is 3.33. The van der Waals surface area contributed by atoms with E-state index in [4.69, 9.17) is 0 Å². The lowest BCUT2D eigenvalue weighted by Gasteiger charge is -2.24. The topological polar surface area (TPSA) is 131 Å². The van der Waals surface area contributed by atoms with Gasteiger partial charge in [-0.15, -0.1) is 0 Å². The SMILES string of the molecule is CC(C)NC(=O)C1=CC(=O)CC(C(=O)NCc2cnn(-c3ccc4nccnc4c3)c2)N1. The third kappa shape index (κ3) is 4.80. The Morgan fingerprint density at radius 3 is 2.78 bits per heavy atom. The number of benzene rings is 1. The summed E-state index contributed by atoms with van der Waals surface area (Å²) >= 11 is 0. The fourth-order valence-corrected chi connectivity index (χ4v) is 3.33. The predicted molar refractivity (Wildman–Crippen MR) is 116 cm³/mol. The van der Waals surface area contributed by atoms with Gasteiger partial charge in [0.2, 0.25) is 5.91 Å². The Balaban J connectivity index is 1.38. The summed E-state index contributed by atoms with van der Waals surface area (Å²) in [5, 5.41) is 12.7. The molecule has 164 valence electrons. The molecule has 0 fully saturated rings. The Labute approximate surface area is 184 Å². The van der Waals surface area contributed by atoms with Gasteiger partial charge in [0.1, 0.15) is 11.7 Å². The molecule has 0 spiro atoms. The Hall–Kier alpha value is -4.08. The van der Waals surface area contributed by atoms with Crippen molar-refractivity contribution in [3.8, 4) is 5.69 Å². The molecule has 3 aromatic rings. The van der Waals surface area contributed by atoms with E-state index in [1.807, 2.05) is 32.0 Å². The van der Waals surface area contributed by atoms with E-state index in [-0.39, 0.29) is 36.4 Å². The van der Waals surface area contributed by atoms with E-state index in [0.29, 0.717) is 0 Å². The third-order valence-electron chi connectivity index (χ3n) is 4.84. The lowest BCUT2D eigenvalue weighted by Crippen LogP contribution is -2.50. The summed E-state index contributed by atoms with van der Waals surface area (Å²) in [5.74, 6) is -1.05. The van der Waals surface area contributed by atoms with Crippen LogP contribution in [0, 0.1) is 0 Å². The summed E-state index contributed by atoms with van der Waals surface area (Å²) in [4.78, 5) is 45.3. The van der Waals surface area contributed by atoms with E-state index in [1.165, 1.54) is 6.08 Å². The Bertz CT molecular complexity index is 1210. The number of amides is 2. The van der Waals surface area contributed by atoms with Crippen molar-refractivity contribution in [3.05, 3.63) is 60.3 Å². The van der Waals surface area contributed by atoms with Crippen LogP contribution in [0.2, 0.25) is 0 Å². The number of allylic oxidation sites excluding steroid dienone is 1. The second-order valence-corrected chi connectivity index (χ2v) is 7.79. The molecule has 1 aliphatic rings. The van der Waals surface area contributed by atoms with Gasteiger partial charge in [-0.25, -0.2) is 4.68 Å². The molecule has 0 aliphatic carbocycles. The van der Waals surface area contributed by atoms with Crippen molar-refractivity contribution in [3.63, 3.8) is 0 Å². The molecule has 10 nitrogen and oxygen atoms in total. The van der Waals surface area contributed by atoms with Crippen molar-refractivity contribution in [2.75, 3.05) is 0 Å². The summed E-state index contributed by atoms with van der Waals surface area (Å²) in [5.41, 5.74) is 3.26. The van der Waals surface area contributed by atoms with Gasteiger partial charge < -0.3 is 16.0 Å². The maximum atomic E-state index is 12.6. The second kappa shape index (κ2) is 8.96. The van der Waals surface area contributed by atoms with Crippen LogP contribution in [0.15, 0.2) is 54.8 Å². The molecule has 0 saturated carbocycles. The number of carbonyl (C=O) groups is 3. The molecule has 1 aliphatic heterocycles. The fraction of sp³-hybridized carbons (Fsp3) is 0.273. The van der Waals surface area contributed by atoms with E-state index < -0.39 is 11.9 Å². The molecule has 0 saturated heterocycles. The highest BCUT2D eigenvalue weighted by atomic mass is 16.2. The minimum absolute atomic E-state index is 0.0122. The summed E-state index contributed by atoms with van der Waals surface area (Å²) in [6.45, 7) is 3.87. The zero-order valence-corrected chi connectivity index (χ0v) is 17.7. The van der Waals surface area contributed by atoms with Gasteiger partial charge in [-0.1, -0.05) is 0 Å². The number of nitrogens with one attached hydrogen (secondary N) is 3. The van der Waals surface area contributed by atoms with Crippen LogP contribution >= 0.6 is 0 Å². The monoisotopic (exact) mass is 433 g/mol. The molecule has 10 heteroatoms. The van der Waals surface area contributed by atoms with Crippen LogP contribution in [0.25, 0.3) is 16.7 Å². The van der Waals surface area contributed by atoms with Gasteiger partial charge in [0.25, 0.3) is 5.91 Å². The van der Waals surface area contributed by atoms with Gasteiger partial charge >= 0.3 is 0 Å². The first-order chi connectivity index (χ1) is 15.4. The molecular weight excluding hydrogens is 410 g/mol. The van der Waals surface area contributed by atoms with E-state index >= 15 is 0 Å². The van der Waals surface area contributed by atoms with Gasteiger partial charge in [0.05, 0.1) is 22.9 Å². The average molecular weight is 433 g/mol. The van der Waals surface area contributed by atoms with Gasteiger partial charge in [0.15, 0.2) is 5.78 Å². The van der Waals surface area contributed by atoms with Crippen molar-refractivity contribution >= 4 is 28.6 Å². The molecule has 2 aromatic heterocycles. The maximum Gasteiger partial charge on any atom is 0.267 e. The van der Waals surface area contributed by atoms with Crippen molar-refractivity contribution in [1.29, 1.82) is 0 Å². The van der Waals surface area contributed by atoms with Crippen molar-refractivity contribution < 1.29 is 14.4 Å². The molecule has 3 heterocycles. The molecule has 32 heavy (non-hydrogen) atoms. The number of hydrogen-bond donors (Lipinski definition) is 3. The third-order valence-corrected chi connectivity index (χ3v) is 4.84. The van der Waals surface area contributed by atoms with Gasteiger partial charge in [0, 0.05) is 49.2 Å². The first kappa shape index (κ1) is 21.2. The van der Waals surface area contributed by atoms with Gasteiger partial charge in [-0.3, -0.25) is 24.4 Å². The number of ketones is 1. The van der Waals surface area contributed by atoms with E-state index in [2.05, 4.69) is 31.0 Å². The van der Waals surface area contributed by atoms with Crippen LogP contribution in [-0.4, -0.2) is 49.4 Å². The molecule has 1 aromatic carbocycles. The number of nitrogens with zero attached hydrogens (tertiary/aromatic N) is 4. The lowest BCUT2D eigenvalue weighted by atomic mass is 10.0. The van der Waals surface area contributed by atoms with Crippen LogP contribution in [-0.2, 0) is 20.9 Å². The first-order valence-corrected chi connectivity index (χ1v) is 10.2. The molecule has 3 N–H and O–H groups in total. The van der Waals surface area contributed by atoms with Crippen LogP contribution in [0.5, 0.6) is 0 Å². The van der Waals surface area contributed by atoms with E-state index in [0.717, 1.165) is 22.3 Å². The predicted octanol–water partition coefficient (Wildman–Crippen LogP) is 0.771. The highest BCUT2D eigenvalue weighted by Gasteiger charge is 2.28. The second-order valence-electron chi connectivity index (χ2n) is 7.79. The molecular formula is C22H23N7O3. The summed E-state index contributed by atoms with van der Waals surface area (Å²) < 4.78 is 1.69. The van der Waals surface area contributed by atoms with Crippen molar-refractivity contribution in [2.24, 2.45) is 0 Å². The van der Waals surface area contributed by atoms with Crippen LogP contribution in [0.4, 0.5) is 0 Å². The van der Waals surface area contributed by atoms with E-state index in [1.54, 1.807) is 29.5 Å². The van der Waals surface area contributed by atoms with Gasteiger partial charge in [-0.05, 0) is 32.0 Å². The van der Waals surface area contributed by atoms with Crippen LogP contribution in [0.1, 0.15) is 25.8 Å². The van der Waals surface area contributed by atoms with Crippen LogP contribution in [0.3, 0.4) is 0 Å². The Kier molecular flexibility index (Phi) is 5.93. The average Bonchev–Trinajstić information content (AvgIpc) is 3.25.